The molecule has 1 saturated carbocycles. The lowest BCUT2D eigenvalue weighted by molar-refractivity contribution is -0.139. The summed E-state index contributed by atoms with van der Waals surface area (Å²) in [6, 6.07) is 10.6. The number of fused-ring (bicyclic) bond motifs is 1. The number of amides is 1. The Kier molecular flexibility index (Phi) is 8.63. The maximum Gasteiger partial charge on any atom is 0.225 e. The summed E-state index contributed by atoms with van der Waals surface area (Å²) in [7, 11) is -3.01. The SMILES string of the molecule is CC(C)(C)N1CCN(C(=O)C2CCC(Nc3nccc(-n4ccc5c(N6CCC(S(C)(=O)=O)CC6)cccc54)n3)CC2)CC1. The van der Waals surface area contributed by atoms with Crippen LogP contribution in [0.2, 0.25) is 0 Å². The Morgan fingerprint density at radius 3 is 2.27 bits per heavy atom. The molecule has 3 aliphatic rings. The number of hydrogen-bond donors (Lipinski definition) is 1. The second-order valence-electron chi connectivity index (χ2n) is 13.8. The molecule has 2 saturated heterocycles. The molecule has 10 nitrogen and oxygen atoms in total. The average Bonchev–Trinajstić information content (AvgIpc) is 3.45. The summed E-state index contributed by atoms with van der Waals surface area (Å²) in [5, 5.41) is 4.42. The minimum atomic E-state index is -3.01. The van der Waals surface area contributed by atoms with Crippen LogP contribution in [0.4, 0.5) is 11.6 Å². The molecule has 1 aromatic carbocycles. The molecule has 6 rings (SSSR count). The summed E-state index contributed by atoms with van der Waals surface area (Å²) in [5.41, 5.74) is 2.33. The van der Waals surface area contributed by atoms with E-state index in [1.807, 2.05) is 12.3 Å². The maximum absolute atomic E-state index is 13.3. The molecule has 0 radical (unpaired) electrons. The first-order chi connectivity index (χ1) is 21.0. The number of piperazine rings is 1. The summed E-state index contributed by atoms with van der Waals surface area (Å²) in [5.74, 6) is 1.84. The van der Waals surface area contributed by atoms with Crippen LogP contribution in [0, 0.1) is 5.92 Å². The van der Waals surface area contributed by atoms with E-state index in [0.717, 1.165) is 87.4 Å². The molecular weight excluding hydrogens is 574 g/mol. The molecule has 4 heterocycles. The van der Waals surface area contributed by atoms with Crippen LogP contribution in [0.15, 0.2) is 42.7 Å². The number of anilines is 2. The van der Waals surface area contributed by atoms with Crippen LogP contribution in [-0.4, -0.2) is 101 Å². The highest BCUT2D eigenvalue weighted by Crippen LogP contribution is 2.33. The van der Waals surface area contributed by atoms with Gasteiger partial charge in [-0.25, -0.2) is 13.4 Å². The van der Waals surface area contributed by atoms with Gasteiger partial charge in [0.1, 0.15) is 15.7 Å². The monoisotopic (exact) mass is 621 g/mol. The predicted octanol–water partition coefficient (Wildman–Crippen LogP) is 4.35. The van der Waals surface area contributed by atoms with Gasteiger partial charge in [0.25, 0.3) is 0 Å². The third kappa shape index (κ3) is 6.59. The minimum absolute atomic E-state index is 0.110. The van der Waals surface area contributed by atoms with E-state index in [9.17, 15) is 13.2 Å². The lowest BCUT2D eigenvalue weighted by Gasteiger charge is -2.43. The van der Waals surface area contributed by atoms with E-state index < -0.39 is 9.84 Å². The Balaban J connectivity index is 1.07. The number of sulfone groups is 1. The molecule has 0 atom stereocenters. The smallest absolute Gasteiger partial charge is 0.225 e. The first kappa shape index (κ1) is 30.8. The number of hydrogen-bond acceptors (Lipinski definition) is 8. The molecule has 0 bridgehead atoms. The second kappa shape index (κ2) is 12.3. The summed E-state index contributed by atoms with van der Waals surface area (Å²) in [4.78, 5) is 29.5. The van der Waals surface area contributed by atoms with Gasteiger partial charge in [0.15, 0.2) is 0 Å². The van der Waals surface area contributed by atoms with Crippen LogP contribution < -0.4 is 10.2 Å². The Hall–Kier alpha value is -3.18. The molecule has 0 spiro atoms. The van der Waals surface area contributed by atoms with E-state index in [2.05, 4.69) is 74.6 Å². The molecule has 44 heavy (non-hydrogen) atoms. The summed E-state index contributed by atoms with van der Waals surface area (Å²) in [6.45, 7) is 11.7. The number of piperidine rings is 1. The number of carbonyl (C=O) groups excluding carboxylic acids is 1. The molecule has 1 aliphatic carbocycles. The van der Waals surface area contributed by atoms with Gasteiger partial charge in [-0.15, -0.1) is 0 Å². The summed E-state index contributed by atoms with van der Waals surface area (Å²) < 4.78 is 26.2. The van der Waals surface area contributed by atoms with Crippen LogP contribution in [-0.2, 0) is 14.6 Å². The van der Waals surface area contributed by atoms with E-state index >= 15 is 0 Å². The maximum atomic E-state index is 13.3. The van der Waals surface area contributed by atoms with Crippen LogP contribution in [0.25, 0.3) is 16.7 Å². The van der Waals surface area contributed by atoms with Crippen molar-refractivity contribution in [3.63, 3.8) is 0 Å². The number of carbonyl (C=O) groups is 1. The average molecular weight is 622 g/mol. The zero-order valence-corrected chi connectivity index (χ0v) is 27.4. The lowest BCUT2D eigenvalue weighted by Crippen LogP contribution is -2.55. The molecule has 3 fully saturated rings. The number of nitrogens with zero attached hydrogens (tertiary/aromatic N) is 6. The van der Waals surface area contributed by atoms with Crippen LogP contribution in [0.5, 0.6) is 0 Å². The fourth-order valence-corrected chi connectivity index (χ4v) is 8.29. The van der Waals surface area contributed by atoms with Crippen molar-refractivity contribution < 1.29 is 13.2 Å². The standard InChI is InChI=1S/C33H47N7O3S/c1-33(2,3)39-22-20-38(21-23-39)31(41)24-8-10-25(11-9-24)35-32-34-16-12-30(36-32)40-19-15-27-28(6-5-7-29(27)40)37-17-13-26(14-18-37)44(4,42)43/h5-7,12,15-16,19,24-26H,8-11,13-14,17-18,20-23H2,1-4H3,(H,34,35,36). The Morgan fingerprint density at radius 1 is 0.909 bits per heavy atom. The minimum Gasteiger partial charge on any atom is -0.371 e. The summed E-state index contributed by atoms with van der Waals surface area (Å²) >= 11 is 0. The van der Waals surface area contributed by atoms with Gasteiger partial charge in [-0.05, 0) is 83.6 Å². The van der Waals surface area contributed by atoms with E-state index in [0.29, 0.717) is 24.7 Å². The zero-order chi connectivity index (χ0) is 31.1. The van der Waals surface area contributed by atoms with Gasteiger partial charge in [-0.3, -0.25) is 9.69 Å². The molecule has 1 amide bonds. The van der Waals surface area contributed by atoms with Gasteiger partial charge in [-0.1, -0.05) is 6.07 Å². The van der Waals surface area contributed by atoms with Gasteiger partial charge in [-0.2, -0.15) is 4.98 Å². The van der Waals surface area contributed by atoms with Gasteiger partial charge >= 0.3 is 0 Å². The van der Waals surface area contributed by atoms with Crippen molar-refractivity contribution in [1.82, 2.24) is 24.3 Å². The molecule has 0 unspecified atom stereocenters. The topological polar surface area (TPSA) is 104 Å². The fraction of sp³-hybridized carbons (Fsp3) is 0.606. The van der Waals surface area contributed by atoms with Crippen molar-refractivity contribution in [3.05, 3.63) is 42.7 Å². The van der Waals surface area contributed by atoms with Gasteiger partial charge < -0.3 is 19.7 Å². The van der Waals surface area contributed by atoms with Crippen molar-refractivity contribution in [2.75, 3.05) is 55.7 Å². The molecule has 11 heteroatoms. The molecule has 1 N–H and O–H groups in total. The number of benzene rings is 1. The van der Waals surface area contributed by atoms with Crippen molar-refractivity contribution >= 4 is 38.3 Å². The van der Waals surface area contributed by atoms with Crippen molar-refractivity contribution in [1.29, 1.82) is 0 Å². The van der Waals surface area contributed by atoms with Gasteiger partial charge in [0, 0.05) is 86.5 Å². The van der Waals surface area contributed by atoms with Crippen molar-refractivity contribution in [3.8, 4) is 5.82 Å². The van der Waals surface area contributed by atoms with Gasteiger partial charge in [0.2, 0.25) is 11.9 Å². The van der Waals surface area contributed by atoms with Crippen LogP contribution >= 0.6 is 0 Å². The first-order valence-electron chi connectivity index (χ1n) is 16.1. The largest absolute Gasteiger partial charge is 0.371 e. The highest BCUT2D eigenvalue weighted by atomic mass is 32.2. The zero-order valence-electron chi connectivity index (χ0n) is 26.6. The Bertz CT molecular complexity index is 1570. The summed E-state index contributed by atoms with van der Waals surface area (Å²) in [6.07, 6.45) is 10.1. The molecule has 238 valence electrons. The number of aromatic nitrogens is 3. The quantitative estimate of drug-likeness (QED) is 0.434. The van der Waals surface area contributed by atoms with E-state index in [4.69, 9.17) is 4.98 Å². The fourth-order valence-electron chi connectivity index (χ4n) is 7.23. The molecule has 2 aliphatic heterocycles. The highest BCUT2D eigenvalue weighted by Gasteiger charge is 2.33. The first-order valence-corrected chi connectivity index (χ1v) is 18.1. The molecular formula is C33H47N7O3S. The molecule has 3 aromatic rings. The number of nitrogens with one attached hydrogen (secondary N) is 1. The Labute approximate surface area is 261 Å². The van der Waals surface area contributed by atoms with Crippen LogP contribution in [0.3, 0.4) is 0 Å². The highest BCUT2D eigenvalue weighted by molar-refractivity contribution is 7.91. The lowest BCUT2D eigenvalue weighted by atomic mass is 9.85. The second-order valence-corrected chi connectivity index (χ2v) is 16.2. The predicted molar refractivity (Wildman–Crippen MR) is 176 cm³/mol. The third-order valence-corrected chi connectivity index (χ3v) is 11.6. The number of rotatable bonds is 6. The van der Waals surface area contributed by atoms with Gasteiger partial charge in [0.05, 0.1) is 10.8 Å². The third-order valence-electron chi connectivity index (χ3n) is 9.94. The molecule has 2 aromatic heterocycles. The van der Waals surface area contributed by atoms with E-state index in [1.165, 1.54) is 6.26 Å². The Morgan fingerprint density at radius 2 is 1.61 bits per heavy atom. The van der Waals surface area contributed by atoms with Crippen LogP contribution in [0.1, 0.15) is 59.3 Å². The van der Waals surface area contributed by atoms with E-state index in [1.54, 1.807) is 6.20 Å². The normalized spacial score (nSPS) is 22.8. The van der Waals surface area contributed by atoms with Crippen molar-refractivity contribution in [2.45, 2.75) is 76.1 Å². The van der Waals surface area contributed by atoms with E-state index in [-0.39, 0.29) is 22.7 Å². The van der Waals surface area contributed by atoms with Crippen molar-refractivity contribution in [2.24, 2.45) is 5.92 Å².